The zero-order chi connectivity index (χ0) is 18.0. The Morgan fingerprint density at radius 3 is 2.30 bits per heavy atom. The molecule has 0 amide bonds. The smallest absolute Gasteiger partial charge is 0.293 e. The molecule has 0 aliphatic heterocycles. The number of nitrogens with zero attached hydrogens (tertiary/aromatic N) is 2. The molecule has 0 saturated heterocycles. The SMILES string of the molecule is CC.CC(C)(C)OC=O.[B]c1cc2cnc(NC)nc2cc1C. The number of benzene rings is 1. The summed E-state index contributed by atoms with van der Waals surface area (Å²) in [7, 11) is 7.58. The number of anilines is 1. The molecule has 23 heavy (non-hydrogen) atoms. The van der Waals surface area contributed by atoms with Gasteiger partial charge in [-0.3, -0.25) is 4.79 Å². The number of carbonyl (C=O) groups is 1. The summed E-state index contributed by atoms with van der Waals surface area (Å²) in [5.74, 6) is 0.627. The van der Waals surface area contributed by atoms with Gasteiger partial charge in [0, 0.05) is 18.6 Å². The molecule has 2 rings (SSSR count). The van der Waals surface area contributed by atoms with Crippen molar-refractivity contribution in [2.75, 3.05) is 12.4 Å². The highest BCUT2D eigenvalue weighted by Gasteiger charge is 2.07. The van der Waals surface area contributed by atoms with Gasteiger partial charge in [0.1, 0.15) is 13.4 Å². The minimum absolute atomic E-state index is 0.318. The molecule has 6 heteroatoms. The van der Waals surface area contributed by atoms with E-state index >= 15 is 0 Å². The molecule has 0 unspecified atom stereocenters. The van der Waals surface area contributed by atoms with Crippen LogP contribution in [0.5, 0.6) is 0 Å². The molecule has 1 aromatic heterocycles. The van der Waals surface area contributed by atoms with Gasteiger partial charge in [-0.2, -0.15) is 0 Å². The monoisotopic (exact) mass is 315 g/mol. The van der Waals surface area contributed by atoms with Gasteiger partial charge in [0.25, 0.3) is 6.47 Å². The number of nitrogens with one attached hydrogen (secondary N) is 1. The minimum atomic E-state index is -0.318. The Balaban J connectivity index is 0.000000460. The second-order valence-corrected chi connectivity index (χ2v) is 5.54. The summed E-state index contributed by atoms with van der Waals surface area (Å²) in [4.78, 5) is 18.0. The van der Waals surface area contributed by atoms with Gasteiger partial charge in [0.2, 0.25) is 5.95 Å². The van der Waals surface area contributed by atoms with Crippen LogP contribution in [0.4, 0.5) is 5.95 Å². The summed E-state index contributed by atoms with van der Waals surface area (Å²) in [6, 6.07) is 3.86. The Hall–Kier alpha value is -2.11. The van der Waals surface area contributed by atoms with Crippen LogP contribution in [0, 0.1) is 6.92 Å². The van der Waals surface area contributed by atoms with Crippen molar-refractivity contribution >= 4 is 36.6 Å². The maximum absolute atomic E-state index is 9.60. The van der Waals surface area contributed by atoms with Crippen LogP contribution in [0.1, 0.15) is 40.2 Å². The lowest BCUT2D eigenvalue weighted by Crippen LogP contribution is -2.17. The third-order valence-corrected chi connectivity index (χ3v) is 2.59. The van der Waals surface area contributed by atoms with Gasteiger partial charge in [-0.25, -0.2) is 9.97 Å². The van der Waals surface area contributed by atoms with Crippen LogP contribution in [-0.4, -0.2) is 36.9 Å². The lowest BCUT2D eigenvalue weighted by Gasteiger charge is -2.14. The first-order valence-corrected chi connectivity index (χ1v) is 7.59. The molecule has 0 aliphatic rings. The third kappa shape index (κ3) is 7.63. The summed E-state index contributed by atoms with van der Waals surface area (Å²) in [6.07, 6.45) is 1.77. The molecule has 0 bridgehead atoms. The van der Waals surface area contributed by atoms with E-state index in [1.807, 2.05) is 53.7 Å². The van der Waals surface area contributed by atoms with Gasteiger partial charge in [-0.1, -0.05) is 30.9 Å². The summed E-state index contributed by atoms with van der Waals surface area (Å²) in [6.45, 7) is 11.9. The van der Waals surface area contributed by atoms with Gasteiger partial charge in [-0.05, 0) is 33.8 Å². The topological polar surface area (TPSA) is 64.1 Å². The molecule has 124 valence electrons. The molecule has 0 saturated carbocycles. The van der Waals surface area contributed by atoms with E-state index in [1.165, 1.54) is 0 Å². The molecule has 2 aromatic rings. The Morgan fingerprint density at radius 2 is 1.87 bits per heavy atom. The van der Waals surface area contributed by atoms with Crippen molar-refractivity contribution in [2.45, 2.75) is 47.1 Å². The average Bonchev–Trinajstić information content (AvgIpc) is 2.49. The third-order valence-electron chi connectivity index (χ3n) is 2.59. The molecule has 1 aromatic carbocycles. The average molecular weight is 315 g/mol. The zero-order valence-electron chi connectivity index (χ0n) is 15.1. The minimum Gasteiger partial charge on any atom is -0.462 e. The molecule has 0 fully saturated rings. The number of aryl methyl sites for hydroxylation is 1. The van der Waals surface area contributed by atoms with Crippen molar-refractivity contribution in [3.05, 3.63) is 23.9 Å². The number of fused-ring (bicyclic) bond motifs is 1. The van der Waals surface area contributed by atoms with Crippen LogP contribution in [-0.2, 0) is 9.53 Å². The Bertz CT molecular complexity index is 625. The highest BCUT2D eigenvalue weighted by atomic mass is 16.5. The lowest BCUT2D eigenvalue weighted by atomic mass is 9.90. The Labute approximate surface area is 140 Å². The van der Waals surface area contributed by atoms with Gasteiger partial charge < -0.3 is 10.1 Å². The van der Waals surface area contributed by atoms with Gasteiger partial charge in [0.05, 0.1) is 5.52 Å². The molecular weight excluding hydrogens is 289 g/mol. The van der Waals surface area contributed by atoms with Crippen molar-refractivity contribution in [3.63, 3.8) is 0 Å². The molecule has 0 atom stereocenters. The normalized spacial score (nSPS) is 9.87. The Kier molecular flexibility index (Phi) is 8.92. The molecule has 1 N–H and O–H groups in total. The van der Waals surface area contributed by atoms with Gasteiger partial charge in [0.15, 0.2) is 0 Å². The summed E-state index contributed by atoms with van der Waals surface area (Å²) in [5.41, 5.74) is 2.41. The molecule has 2 radical (unpaired) electrons. The predicted molar refractivity (Wildman–Crippen MR) is 97.5 cm³/mol. The van der Waals surface area contributed by atoms with Gasteiger partial charge >= 0.3 is 0 Å². The van der Waals surface area contributed by atoms with E-state index in [-0.39, 0.29) is 5.60 Å². The van der Waals surface area contributed by atoms with Crippen molar-refractivity contribution < 1.29 is 9.53 Å². The standard InChI is InChI=1S/C10H10BN3.C5H10O2.C2H6/c1-6-3-9-7(4-8(6)11)5-13-10(12-2)14-9;1-5(2,3)7-4-6;1-2/h3-5H,1-2H3,(H,12,13,14);4H,1-3H3;1-2H3. The van der Waals surface area contributed by atoms with Gasteiger partial charge in [-0.15, -0.1) is 0 Å². The van der Waals surface area contributed by atoms with Crippen LogP contribution in [0.3, 0.4) is 0 Å². The number of hydrogen-bond acceptors (Lipinski definition) is 5. The van der Waals surface area contributed by atoms with Crippen LogP contribution in [0.25, 0.3) is 10.9 Å². The highest BCUT2D eigenvalue weighted by molar-refractivity contribution is 6.34. The zero-order valence-corrected chi connectivity index (χ0v) is 15.1. The molecule has 0 aliphatic carbocycles. The first-order chi connectivity index (χ1) is 10.8. The van der Waals surface area contributed by atoms with E-state index in [0.29, 0.717) is 12.4 Å². The van der Waals surface area contributed by atoms with E-state index in [2.05, 4.69) is 20.0 Å². The second-order valence-electron chi connectivity index (χ2n) is 5.54. The molecule has 0 spiro atoms. The fourth-order valence-corrected chi connectivity index (χ4v) is 1.47. The summed E-state index contributed by atoms with van der Waals surface area (Å²) >= 11 is 0. The van der Waals surface area contributed by atoms with E-state index in [4.69, 9.17) is 7.85 Å². The lowest BCUT2D eigenvalue weighted by molar-refractivity contribution is -0.138. The molecular formula is C17H26BN3O2. The van der Waals surface area contributed by atoms with E-state index in [0.717, 1.165) is 21.9 Å². The molecule has 1 heterocycles. The highest BCUT2D eigenvalue weighted by Crippen LogP contribution is 2.12. The fraction of sp³-hybridized carbons (Fsp3) is 0.471. The van der Waals surface area contributed by atoms with Crippen molar-refractivity contribution in [1.29, 1.82) is 0 Å². The quantitative estimate of drug-likeness (QED) is 0.682. The van der Waals surface area contributed by atoms with Crippen LogP contribution in [0.2, 0.25) is 0 Å². The van der Waals surface area contributed by atoms with Crippen molar-refractivity contribution in [2.24, 2.45) is 0 Å². The maximum Gasteiger partial charge on any atom is 0.293 e. The largest absolute Gasteiger partial charge is 0.462 e. The number of carbonyl (C=O) groups excluding carboxylic acids is 1. The van der Waals surface area contributed by atoms with Crippen LogP contribution in [0.15, 0.2) is 18.3 Å². The predicted octanol–water partition coefficient (Wildman–Crippen LogP) is 2.76. The fourth-order valence-electron chi connectivity index (χ4n) is 1.47. The van der Waals surface area contributed by atoms with Crippen molar-refractivity contribution in [3.8, 4) is 0 Å². The number of hydrogen-bond donors (Lipinski definition) is 1. The van der Waals surface area contributed by atoms with E-state index < -0.39 is 0 Å². The summed E-state index contributed by atoms with van der Waals surface area (Å²) in [5, 5.41) is 3.86. The first-order valence-electron chi connectivity index (χ1n) is 7.59. The second kappa shape index (κ2) is 9.82. The van der Waals surface area contributed by atoms with Crippen LogP contribution < -0.4 is 10.8 Å². The number of aromatic nitrogens is 2. The van der Waals surface area contributed by atoms with E-state index in [9.17, 15) is 4.79 Å². The maximum atomic E-state index is 9.60. The number of ether oxygens (including phenoxy) is 1. The van der Waals surface area contributed by atoms with E-state index in [1.54, 1.807) is 13.2 Å². The summed E-state index contributed by atoms with van der Waals surface area (Å²) < 4.78 is 4.55. The molecule has 5 nitrogen and oxygen atoms in total. The first kappa shape index (κ1) is 20.9. The number of rotatable bonds is 2. The van der Waals surface area contributed by atoms with Crippen molar-refractivity contribution in [1.82, 2.24) is 9.97 Å². The van der Waals surface area contributed by atoms with Crippen LogP contribution >= 0.6 is 0 Å². The Morgan fingerprint density at radius 1 is 1.26 bits per heavy atom.